The maximum atomic E-state index is 12.3. The quantitative estimate of drug-likeness (QED) is 0.834. The van der Waals surface area contributed by atoms with Crippen LogP contribution < -0.4 is 5.32 Å². The molecule has 0 spiro atoms. The zero-order valence-electron chi connectivity index (χ0n) is 13.1. The highest BCUT2D eigenvalue weighted by Crippen LogP contribution is 2.35. The van der Waals surface area contributed by atoms with E-state index in [-0.39, 0.29) is 12.0 Å². The van der Waals surface area contributed by atoms with Crippen molar-refractivity contribution >= 4 is 5.91 Å². The number of likely N-dealkylation sites (tertiary alicyclic amines) is 1. The Morgan fingerprint density at radius 3 is 2.52 bits per heavy atom. The summed E-state index contributed by atoms with van der Waals surface area (Å²) in [5.74, 6) is 0.594. The molecule has 1 heterocycles. The molecule has 4 nitrogen and oxygen atoms in total. The van der Waals surface area contributed by atoms with Gasteiger partial charge in [-0.05, 0) is 45.1 Å². The predicted molar refractivity (Wildman–Crippen MR) is 83.0 cm³/mol. The lowest BCUT2D eigenvalue weighted by Gasteiger charge is -2.31. The van der Waals surface area contributed by atoms with Crippen LogP contribution in [0.15, 0.2) is 0 Å². The maximum Gasteiger partial charge on any atom is 0.234 e. The molecule has 0 aromatic carbocycles. The van der Waals surface area contributed by atoms with E-state index in [1.54, 1.807) is 0 Å². The summed E-state index contributed by atoms with van der Waals surface area (Å²) in [7, 11) is 0. The zero-order valence-corrected chi connectivity index (χ0v) is 13.1. The number of hydrogen-bond donors (Lipinski definition) is 2. The second-order valence-electron chi connectivity index (χ2n) is 7.24. The van der Waals surface area contributed by atoms with E-state index >= 15 is 0 Å². The average Bonchev–Trinajstić information content (AvgIpc) is 3.08. The van der Waals surface area contributed by atoms with Gasteiger partial charge in [-0.1, -0.05) is 25.7 Å². The predicted octanol–water partition coefficient (Wildman–Crippen LogP) is 2.06. The molecule has 2 saturated carbocycles. The highest BCUT2D eigenvalue weighted by molar-refractivity contribution is 5.78. The fourth-order valence-corrected chi connectivity index (χ4v) is 4.66. The van der Waals surface area contributed by atoms with Gasteiger partial charge in [-0.3, -0.25) is 9.69 Å². The molecule has 1 amide bonds. The number of nitrogens with zero attached hydrogens (tertiary/aromatic N) is 1. The third kappa shape index (κ3) is 3.78. The summed E-state index contributed by atoms with van der Waals surface area (Å²) >= 11 is 0. The van der Waals surface area contributed by atoms with Crippen molar-refractivity contribution < 1.29 is 9.90 Å². The standard InChI is InChI=1S/C17H30N2O2/c20-16-10-4-8-14(16)15-9-5-11-19(15)12-17(21)18-13-6-2-1-3-7-13/h13-16,20H,1-12H2,(H,18,21). The molecule has 0 bridgehead atoms. The van der Waals surface area contributed by atoms with Gasteiger partial charge in [-0.15, -0.1) is 0 Å². The molecule has 3 atom stereocenters. The van der Waals surface area contributed by atoms with Crippen LogP contribution in [-0.4, -0.2) is 47.2 Å². The van der Waals surface area contributed by atoms with Gasteiger partial charge in [-0.2, -0.15) is 0 Å². The third-order valence-corrected chi connectivity index (χ3v) is 5.76. The van der Waals surface area contributed by atoms with E-state index in [4.69, 9.17) is 0 Å². The van der Waals surface area contributed by atoms with Crippen LogP contribution >= 0.6 is 0 Å². The van der Waals surface area contributed by atoms with Crippen LogP contribution in [0.25, 0.3) is 0 Å². The average molecular weight is 294 g/mol. The molecule has 3 fully saturated rings. The van der Waals surface area contributed by atoms with Gasteiger partial charge in [0.25, 0.3) is 0 Å². The van der Waals surface area contributed by atoms with Gasteiger partial charge in [0.05, 0.1) is 12.6 Å². The normalized spacial score (nSPS) is 35.2. The Balaban J connectivity index is 1.49. The summed E-state index contributed by atoms with van der Waals surface area (Å²) in [6.45, 7) is 1.55. The Morgan fingerprint density at radius 2 is 1.81 bits per heavy atom. The number of carbonyl (C=O) groups is 1. The first-order valence-corrected chi connectivity index (χ1v) is 8.95. The second kappa shape index (κ2) is 7.10. The summed E-state index contributed by atoms with van der Waals surface area (Å²) in [6.07, 6.45) is 11.5. The molecule has 0 radical (unpaired) electrons. The largest absolute Gasteiger partial charge is 0.393 e. The Hall–Kier alpha value is -0.610. The monoisotopic (exact) mass is 294 g/mol. The summed E-state index contributed by atoms with van der Waals surface area (Å²) < 4.78 is 0. The van der Waals surface area contributed by atoms with E-state index in [0.717, 1.165) is 45.1 Å². The SMILES string of the molecule is O=C(CN1CCCC1C1CCCC1O)NC1CCCCC1. The molecule has 21 heavy (non-hydrogen) atoms. The van der Waals surface area contributed by atoms with E-state index < -0.39 is 0 Å². The fourth-order valence-electron chi connectivity index (χ4n) is 4.66. The van der Waals surface area contributed by atoms with Crippen molar-refractivity contribution in [2.45, 2.75) is 82.4 Å². The first-order valence-electron chi connectivity index (χ1n) is 8.95. The Morgan fingerprint density at radius 1 is 1.00 bits per heavy atom. The Bertz CT molecular complexity index is 355. The van der Waals surface area contributed by atoms with Crippen molar-refractivity contribution in [1.82, 2.24) is 10.2 Å². The molecule has 4 heteroatoms. The third-order valence-electron chi connectivity index (χ3n) is 5.76. The van der Waals surface area contributed by atoms with Crippen LogP contribution in [0.3, 0.4) is 0 Å². The maximum absolute atomic E-state index is 12.3. The number of rotatable bonds is 4. The molecule has 3 rings (SSSR count). The van der Waals surface area contributed by atoms with Crippen molar-refractivity contribution in [2.24, 2.45) is 5.92 Å². The van der Waals surface area contributed by atoms with Gasteiger partial charge in [0.15, 0.2) is 0 Å². The minimum atomic E-state index is -0.142. The second-order valence-corrected chi connectivity index (χ2v) is 7.24. The van der Waals surface area contributed by atoms with Gasteiger partial charge < -0.3 is 10.4 Å². The van der Waals surface area contributed by atoms with E-state index in [1.807, 2.05) is 0 Å². The molecule has 1 aliphatic heterocycles. The van der Waals surface area contributed by atoms with Crippen molar-refractivity contribution in [3.8, 4) is 0 Å². The van der Waals surface area contributed by atoms with Crippen LogP contribution in [0.1, 0.15) is 64.2 Å². The number of hydrogen-bond acceptors (Lipinski definition) is 3. The van der Waals surface area contributed by atoms with Gasteiger partial charge >= 0.3 is 0 Å². The summed E-state index contributed by atoms with van der Waals surface area (Å²) in [4.78, 5) is 14.6. The molecule has 3 unspecified atom stereocenters. The smallest absolute Gasteiger partial charge is 0.234 e. The van der Waals surface area contributed by atoms with Crippen molar-refractivity contribution in [2.75, 3.05) is 13.1 Å². The van der Waals surface area contributed by atoms with Gasteiger partial charge in [0, 0.05) is 18.0 Å². The Labute approximate surface area is 128 Å². The molecule has 1 saturated heterocycles. The number of carbonyl (C=O) groups excluding carboxylic acids is 1. The number of aliphatic hydroxyl groups is 1. The van der Waals surface area contributed by atoms with E-state index in [0.29, 0.717) is 24.5 Å². The minimum Gasteiger partial charge on any atom is -0.393 e. The number of amides is 1. The van der Waals surface area contributed by atoms with Gasteiger partial charge in [0.2, 0.25) is 5.91 Å². The molecule has 0 aromatic rings. The van der Waals surface area contributed by atoms with Crippen LogP contribution in [0.4, 0.5) is 0 Å². The molecule has 0 aromatic heterocycles. The molecular weight excluding hydrogens is 264 g/mol. The van der Waals surface area contributed by atoms with Crippen LogP contribution in [0.2, 0.25) is 0 Å². The summed E-state index contributed by atoms with van der Waals surface area (Å²) in [5.41, 5.74) is 0. The van der Waals surface area contributed by atoms with Gasteiger partial charge in [-0.25, -0.2) is 0 Å². The molecule has 2 N–H and O–H groups in total. The van der Waals surface area contributed by atoms with Crippen molar-refractivity contribution in [3.05, 3.63) is 0 Å². The lowest BCUT2D eigenvalue weighted by molar-refractivity contribution is -0.123. The van der Waals surface area contributed by atoms with E-state index in [1.165, 1.54) is 25.7 Å². The number of aliphatic hydroxyl groups excluding tert-OH is 1. The Kier molecular flexibility index (Phi) is 5.17. The van der Waals surface area contributed by atoms with Crippen LogP contribution in [-0.2, 0) is 4.79 Å². The van der Waals surface area contributed by atoms with E-state index in [9.17, 15) is 9.90 Å². The molecule has 2 aliphatic carbocycles. The van der Waals surface area contributed by atoms with E-state index in [2.05, 4.69) is 10.2 Å². The molecule has 3 aliphatic rings. The highest BCUT2D eigenvalue weighted by Gasteiger charge is 2.38. The van der Waals surface area contributed by atoms with Crippen LogP contribution in [0.5, 0.6) is 0 Å². The first-order chi connectivity index (χ1) is 10.2. The summed E-state index contributed by atoms with van der Waals surface area (Å²) in [6, 6.07) is 0.837. The topological polar surface area (TPSA) is 52.6 Å². The lowest BCUT2D eigenvalue weighted by Crippen LogP contribution is -2.46. The van der Waals surface area contributed by atoms with Gasteiger partial charge in [0.1, 0.15) is 0 Å². The first kappa shape index (κ1) is 15.3. The number of nitrogens with one attached hydrogen (secondary N) is 1. The van der Waals surface area contributed by atoms with Crippen LogP contribution in [0, 0.1) is 5.92 Å². The highest BCUT2D eigenvalue weighted by atomic mass is 16.3. The van der Waals surface area contributed by atoms with Crippen molar-refractivity contribution in [1.29, 1.82) is 0 Å². The fraction of sp³-hybridized carbons (Fsp3) is 0.941. The minimum absolute atomic E-state index is 0.142. The molecular formula is C17H30N2O2. The lowest BCUT2D eigenvalue weighted by atomic mass is 9.94. The molecule has 120 valence electrons. The summed E-state index contributed by atoms with van der Waals surface area (Å²) in [5, 5.41) is 13.4. The van der Waals surface area contributed by atoms with Crippen molar-refractivity contribution in [3.63, 3.8) is 0 Å². The zero-order chi connectivity index (χ0) is 14.7.